The molecule has 4 nitrogen and oxygen atoms in total. The summed E-state index contributed by atoms with van der Waals surface area (Å²) in [6.45, 7) is 1.17. The Balaban J connectivity index is 2.37. The summed E-state index contributed by atoms with van der Waals surface area (Å²) < 4.78 is 37.5. The highest BCUT2D eigenvalue weighted by atomic mass is 19.4. The summed E-state index contributed by atoms with van der Waals surface area (Å²) in [5.41, 5.74) is 5.21. The minimum atomic E-state index is -4.16. The fourth-order valence-electron chi connectivity index (χ4n) is 1.94. The minimum Gasteiger partial charge on any atom is -0.354 e. The summed E-state index contributed by atoms with van der Waals surface area (Å²) in [5, 5.41) is 2.55. The standard InChI is InChI=1S/C10H18F3N3O/c11-10(12,13)8-2-1-5-16(6-8)7-9(17)15-4-3-14/h8H,1-7,14H2,(H,15,17). The molecule has 3 N–H and O–H groups in total. The zero-order valence-electron chi connectivity index (χ0n) is 9.59. The Kier molecular flexibility index (Phi) is 5.20. The van der Waals surface area contributed by atoms with Gasteiger partial charge < -0.3 is 11.1 Å². The lowest BCUT2D eigenvalue weighted by atomic mass is 9.97. The number of amides is 1. The van der Waals surface area contributed by atoms with Crippen LogP contribution >= 0.6 is 0 Å². The first-order valence-electron chi connectivity index (χ1n) is 5.69. The highest BCUT2D eigenvalue weighted by Gasteiger charge is 2.41. The summed E-state index contributed by atoms with van der Waals surface area (Å²) in [6.07, 6.45) is -3.52. The van der Waals surface area contributed by atoms with Gasteiger partial charge in [0.05, 0.1) is 12.5 Å². The molecule has 0 aromatic rings. The number of nitrogens with two attached hydrogens (primary N) is 1. The van der Waals surface area contributed by atoms with Crippen molar-refractivity contribution in [3.63, 3.8) is 0 Å². The van der Waals surface area contributed by atoms with Gasteiger partial charge in [-0.1, -0.05) is 0 Å². The molecule has 1 rings (SSSR count). The van der Waals surface area contributed by atoms with Crippen molar-refractivity contribution in [2.24, 2.45) is 11.7 Å². The van der Waals surface area contributed by atoms with Gasteiger partial charge in [-0.2, -0.15) is 13.2 Å². The van der Waals surface area contributed by atoms with Crippen molar-refractivity contribution >= 4 is 5.91 Å². The van der Waals surface area contributed by atoms with E-state index in [4.69, 9.17) is 5.73 Å². The zero-order chi connectivity index (χ0) is 12.9. The van der Waals surface area contributed by atoms with Crippen LogP contribution in [0.3, 0.4) is 0 Å². The number of nitrogens with zero attached hydrogens (tertiary/aromatic N) is 1. The van der Waals surface area contributed by atoms with Crippen LogP contribution in [0.25, 0.3) is 0 Å². The molecule has 1 aliphatic heterocycles. The quantitative estimate of drug-likeness (QED) is 0.759. The number of hydrogen-bond donors (Lipinski definition) is 2. The van der Waals surface area contributed by atoms with E-state index in [-0.39, 0.29) is 25.4 Å². The molecule has 1 atom stereocenters. The molecule has 0 aliphatic carbocycles. The van der Waals surface area contributed by atoms with Crippen LogP contribution in [0.2, 0.25) is 0 Å². The van der Waals surface area contributed by atoms with Crippen LogP contribution in [-0.2, 0) is 4.79 Å². The first-order valence-corrected chi connectivity index (χ1v) is 5.69. The zero-order valence-corrected chi connectivity index (χ0v) is 9.59. The normalized spacial score (nSPS) is 22.5. The maximum atomic E-state index is 12.5. The molecule has 1 aliphatic rings. The fourth-order valence-corrected chi connectivity index (χ4v) is 1.94. The Bertz CT molecular complexity index is 258. The van der Waals surface area contributed by atoms with Crippen molar-refractivity contribution in [1.29, 1.82) is 0 Å². The van der Waals surface area contributed by atoms with Gasteiger partial charge in [0.1, 0.15) is 0 Å². The van der Waals surface area contributed by atoms with E-state index in [1.807, 2.05) is 0 Å². The number of piperidine rings is 1. The molecule has 17 heavy (non-hydrogen) atoms. The Hall–Kier alpha value is -0.820. The smallest absolute Gasteiger partial charge is 0.354 e. The van der Waals surface area contributed by atoms with E-state index in [0.29, 0.717) is 26.1 Å². The monoisotopic (exact) mass is 253 g/mol. The molecule has 0 radical (unpaired) electrons. The largest absolute Gasteiger partial charge is 0.393 e. The summed E-state index contributed by atoms with van der Waals surface area (Å²) in [6, 6.07) is 0. The Morgan fingerprint density at radius 3 is 2.76 bits per heavy atom. The van der Waals surface area contributed by atoms with Gasteiger partial charge in [0, 0.05) is 19.6 Å². The Morgan fingerprint density at radius 1 is 1.47 bits per heavy atom. The maximum Gasteiger partial charge on any atom is 0.393 e. The van der Waals surface area contributed by atoms with Crippen molar-refractivity contribution in [3.8, 4) is 0 Å². The number of carbonyl (C=O) groups excluding carboxylic acids is 1. The van der Waals surface area contributed by atoms with Crippen LogP contribution in [-0.4, -0.2) is 49.7 Å². The van der Waals surface area contributed by atoms with Crippen molar-refractivity contribution in [3.05, 3.63) is 0 Å². The third-order valence-electron chi connectivity index (χ3n) is 2.80. The number of likely N-dealkylation sites (tertiary alicyclic amines) is 1. The molecule has 100 valence electrons. The average molecular weight is 253 g/mol. The predicted molar refractivity (Wildman–Crippen MR) is 57.3 cm³/mol. The molecule has 0 aromatic heterocycles. The van der Waals surface area contributed by atoms with Crippen LogP contribution in [0, 0.1) is 5.92 Å². The van der Waals surface area contributed by atoms with E-state index in [9.17, 15) is 18.0 Å². The van der Waals surface area contributed by atoms with Crippen LogP contribution < -0.4 is 11.1 Å². The molecule has 1 heterocycles. The van der Waals surface area contributed by atoms with Gasteiger partial charge in [-0.15, -0.1) is 0 Å². The molecular weight excluding hydrogens is 235 g/mol. The summed E-state index contributed by atoms with van der Waals surface area (Å²) in [7, 11) is 0. The second-order valence-corrected chi connectivity index (χ2v) is 4.25. The predicted octanol–water partition coefficient (Wildman–Crippen LogP) is 0.336. The Labute approximate surface area is 98.3 Å². The van der Waals surface area contributed by atoms with Crippen LogP contribution in [0.4, 0.5) is 13.2 Å². The van der Waals surface area contributed by atoms with E-state index in [2.05, 4.69) is 5.32 Å². The SMILES string of the molecule is NCCNC(=O)CN1CCCC(C(F)(F)F)C1. The van der Waals surface area contributed by atoms with E-state index < -0.39 is 12.1 Å². The van der Waals surface area contributed by atoms with E-state index in [1.165, 1.54) is 0 Å². The highest BCUT2D eigenvalue weighted by Crippen LogP contribution is 2.32. The van der Waals surface area contributed by atoms with E-state index >= 15 is 0 Å². The van der Waals surface area contributed by atoms with Gasteiger partial charge in [0.2, 0.25) is 5.91 Å². The van der Waals surface area contributed by atoms with Gasteiger partial charge in [0.25, 0.3) is 0 Å². The van der Waals surface area contributed by atoms with Gasteiger partial charge in [-0.05, 0) is 19.4 Å². The van der Waals surface area contributed by atoms with Crippen LogP contribution in [0.5, 0.6) is 0 Å². The van der Waals surface area contributed by atoms with Gasteiger partial charge >= 0.3 is 6.18 Å². The second kappa shape index (κ2) is 6.20. The lowest BCUT2D eigenvalue weighted by Gasteiger charge is -2.33. The van der Waals surface area contributed by atoms with Crippen molar-refractivity contribution < 1.29 is 18.0 Å². The summed E-state index contributed by atoms with van der Waals surface area (Å²) >= 11 is 0. The number of rotatable bonds is 4. The maximum absolute atomic E-state index is 12.5. The number of hydrogen-bond acceptors (Lipinski definition) is 3. The summed E-state index contributed by atoms with van der Waals surface area (Å²) in [4.78, 5) is 12.9. The fraction of sp³-hybridized carbons (Fsp3) is 0.900. The number of halogens is 3. The number of alkyl halides is 3. The van der Waals surface area contributed by atoms with E-state index in [0.717, 1.165) is 0 Å². The highest BCUT2D eigenvalue weighted by molar-refractivity contribution is 5.78. The summed E-state index contributed by atoms with van der Waals surface area (Å²) in [5.74, 6) is -1.57. The van der Waals surface area contributed by atoms with Gasteiger partial charge in [0.15, 0.2) is 0 Å². The molecule has 0 spiro atoms. The molecule has 1 fully saturated rings. The lowest BCUT2D eigenvalue weighted by Crippen LogP contribution is -2.46. The molecule has 7 heteroatoms. The van der Waals surface area contributed by atoms with Crippen LogP contribution in [0.1, 0.15) is 12.8 Å². The van der Waals surface area contributed by atoms with Crippen molar-refractivity contribution in [1.82, 2.24) is 10.2 Å². The first kappa shape index (κ1) is 14.2. The molecule has 1 unspecified atom stereocenters. The van der Waals surface area contributed by atoms with Crippen molar-refractivity contribution in [2.75, 3.05) is 32.7 Å². The van der Waals surface area contributed by atoms with Gasteiger partial charge in [-0.3, -0.25) is 9.69 Å². The second-order valence-electron chi connectivity index (χ2n) is 4.25. The molecule has 1 saturated heterocycles. The molecular formula is C10H18F3N3O. The molecule has 0 aromatic carbocycles. The number of carbonyl (C=O) groups is 1. The van der Waals surface area contributed by atoms with E-state index in [1.54, 1.807) is 4.90 Å². The third-order valence-corrected chi connectivity index (χ3v) is 2.80. The molecule has 1 amide bonds. The first-order chi connectivity index (χ1) is 7.93. The topological polar surface area (TPSA) is 58.4 Å². The Morgan fingerprint density at radius 2 is 2.18 bits per heavy atom. The average Bonchev–Trinajstić information content (AvgIpc) is 2.25. The van der Waals surface area contributed by atoms with Crippen molar-refractivity contribution in [2.45, 2.75) is 19.0 Å². The van der Waals surface area contributed by atoms with Gasteiger partial charge in [-0.25, -0.2) is 0 Å². The molecule has 0 saturated carbocycles. The molecule has 0 bridgehead atoms. The number of nitrogens with one attached hydrogen (secondary N) is 1. The van der Waals surface area contributed by atoms with Crippen LogP contribution in [0.15, 0.2) is 0 Å². The minimum absolute atomic E-state index is 0.0204. The lowest BCUT2D eigenvalue weighted by molar-refractivity contribution is -0.187. The third kappa shape index (κ3) is 4.91.